The molecule has 6 heteroatoms. The molecule has 0 radical (unpaired) electrons. The van der Waals surface area contributed by atoms with Gasteiger partial charge in [0.15, 0.2) is 5.69 Å². The first-order valence-corrected chi connectivity index (χ1v) is 11.1. The topological polar surface area (TPSA) is 67.6 Å². The molecule has 0 saturated heterocycles. The van der Waals surface area contributed by atoms with Gasteiger partial charge < -0.3 is 14.6 Å². The molecule has 1 aromatic heterocycles. The van der Waals surface area contributed by atoms with Crippen molar-refractivity contribution in [1.29, 1.82) is 0 Å². The minimum atomic E-state index is -0.141. The van der Waals surface area contributed by atoms with Gasteiger partial charge in [-0.3, -0.25) is 9.69 Å². The number of hydrogen-bond acceptors (Lipinski definition) is 5. The Kier molecular flexibility index (Phi) is 5.71. The standard InChI is InChI=1S/C25H27N3O3/c29-25(24-20-11-5-7-13-22(20)31-27-24)26-14-15-28-16-19-10-4-6-12-21(19)30-23(17-28)18-8-2-1-3-9-18/h1-4,6,8-10,12,23H,5,7,11,13-17H2,(H,26,29). The molecule has 2 aliphatic rings. The van der Waals surface area contributed by atoms with Crippen molar-refractivity contribution in [1.82, 2.24) is 15.4 Å². The van der Waals surface area contributed by atoms with Gasteiger partial charge in [0.25, 0.3) is 5.91 Å². The normalized spacial score (nSPS) is 18.4. The van der Waals surface area contributed by atoms with Crippen LogP contribution in [0.1, 0.15) is 51.9 Å². The number of carbonyl (C=O) groups is 1. The Morgan fingerprint density at radius 3 is 2.77 bits per heavy atom. The van der Waals surface area contributed by atoms with E-state index in [0.29, 0.717) is 12.2 Å². The fourth-order valence-electron chi connectivity index (χ4n) is 4.47. The van der Waals surface area contributed by atoms with Crippen LogP contribution in [0.15, 0.2) is 59.1 Å². The van der Waals surface area contributed by atoms with Crippen molar-refractivity contribution in [2.24, 2.45) is 0 Å². The van der Waals surface area contributed by atoms with Gasteiger partial charge in [0.1, 0.15) is 17.6 Å². The molecule has 1 aliphatic carbocycles. The number of fused-ring (bicyclic) bond motifs is 2. The Balaban J connectivity index is 1.26. The fraction of sp³-hybridized carbons (Fsp3) is 0.360. The Bertz CT molecular complexity index is 1050. The van der Waals surface area contributed by atoms with E-state index in [1.54, 1.807) is 0 Å². The van der Waals surface area contributed by atoms with E-state index in [2.05, 4.69) is 33.6 Å². The molecule has 31 heavy (non-hydrogen) atoms. The number of amides is 1. The predicted molar refractivity (Wildman–Crippen MR) is 117 cm³/mol. The van der Waals surface area contributed by atoms with Gasteiger partial charge in [0.05, 0.1) is 0 Å². The third-order valence-corrected chi connectivity index (χ3v) is 6.11. The maximum atomic E-state index is 12.7. The molecule has 1 amide bonds. The average Bonchev–Trinajstić information content (AvgIpc) is 3.15. The summed E-state index contributed by atoms with van der Waals surface area (Å²) in [4.78, 5) is 15.0. The highest BCUT2D eigenvalue weighted by Crippen LogP contribution is 2.31. The van der Waals surface area contributed by atoms with E-state index in [0.717, 1.165) is 73.5 Å². The molecule has 0 bridgehead atoms. The summed E-state index contributed by atoms with van der Waals surface area (Å²) in [6, 6.07) is 18.5. The molecule has 2 heterocycles. The van der Waals surface area contributed by atoms with Gasteiger partial charge in [0, 0.05) is 43.7 Å². The van der Waals surface area contributed by atoms with Gasteiger partial charge in [0.2, 0.25) is 0 Å². The summed E-state index contributed by atoms with van der Waals surface area (Å²) in [5.41, 5.74) is 3.77. The van der Waals surface area contributed by atoms with Crippen LogP contribution in [0.5, 0.6) is 5.75 Å². The van der Waals surface area contributed by atoms with Crippen LogP contribution in [0, 0.1) is 0 Å². The second-order valence-corrected chi connectivity index (χ2v) is 8.26. The number of benzene rings is 2. The van der Waals surface area contributed by atoms with Crippen molar-refractivity contribution >= 4 is 5.91 Å². The molecule has 0 saturated carbocycles. The Morgan fingerprint density at radius 1 is 1.06 bits per heavy atom. The maximum absolute atomic E-state index is 12.7. The number of para-hydroxylation sites is 1. The number of nitrogens with zero attached hydrogens (tertiary/aromatic N) is 2. The molecular formula is C25H27N3O3. The number of aryl methyl sites for hydroxylation is 1. The van der Waals surface area contributed by atoms with E-state index in [1.807, 2.05) is 36.4 Å². The highest BCUT2D eigenvalue weighted by Gasteiger charge is 2.26. The molecule has 3 aromatic rings. The summed E-state index contributed by atoms with van der Waals surface area (Å²) in [6.45, 7) is 2.82. The molecule has 1 N–H and O–H groups in total. The van der Waals surface area contributed by atoms with Crippen molar-refractivity contribution in [3.63, 3.8) is 0 Å². The molecule has 160 valence electrons. The monoisotopic (exact) mass is 417 g/mol. The lowest BCUT2D eigenvalue weighted by molar-refractivity contribution is 0.0933. The molecule has 0 spiro atoms. The summed E-state index contributed by atoms with van der Waals surface area (Å²) in [6.07, 6.45) is 3.89. The summed E-state index contributed by atoms with van der Waals surface area (Å²) in [5, 5.41) is 7.08. The minimum Gasteiger partial charge on any atom is -0.484 e. The van der Waals surface area contributed by atoms with Crippen molar-refractivity contribution < 1.29 is 14.1 Å². The van der Waals surface area contributed by atoms with Gasteiger partial charge in [-0.2, -0.15) is 0 Å². The van der Waals surface area contributed by atoms with Crippen molar-refractivity contribution in [2.45, 2.75) is 38.3 Å². The van der Waals surface area contributed by atoms with E-state index in [9.17, 15) is 4.79 Å². The summed E-state index contributed by atoms with van der Waals surface area (Å²) < 4.78 is 11.8. The zero-order chi connectivity index (χ0) is 21.0. The van der Waals surface area contributed by atoms with E-state index >= 15 is 0 Å². The van der Waals surface area contributed by atoms with Crippen molar-refractivity contribution in [2.75, 3.05) is 19.6 Å². The molecule has 1 unspecified atom stereocenters. The smallest absolute Gasteiger partial charge is 0.273 e. The number of carbonyl (C=O) groups excluding carboxylic acids is 1. The number of aromatic nitrogens is 1. The van der Waals surface area contributed by atoms with E-state index in [-0.39, 0.29) is 12.0 Å². The first-order valence-electron chi connectivity index (χ1n) is 11.1. The van der Waals surface area contributed by atoms with Gasteiger partial charge in [-0.1, -0.05) is 53.7 Å². The van der Waals surface area contributed by atoms with Crippen LogP contribution in [0.25, 0.3) is 0 Å². The quantitative estimate of drug-likeness (QED) is 0.682. The lowest BCUT2D eigenvalue weighted by Gasteiger charge is -2.24. The molecular weight excluding hydrogens is 390 g/mol. The zero-order valence-electron chi connectivity index (χ0n) is 17.5. The van der Waals surface area contributed by atoms with Crippen LogP contribution in [0.2, 0.25) is 0 Å². The fourth-order valence-corrected chi connectivity index (χ4v) is 4.47. The minimum absolute atomic E-state index is 0.0527. The summed E-state index contributed by atoms with van der Waals surface area (Å²) >= 11 is 0. The predicted octanol–water partition coefficient (Wildman–Crippen LogP) is 3.92. The highest BCUT2D eigenvalue weighted by molar-refractivity contribution is 5.93. The second-order valence-electron chi connectivity index (χ2n) is 8.26. The Hall–Kier alpha value is -3.12. The highest BCUT2D eigenvalue weighted by atomic mass is 16.5. The van der Waals surface area contributed by atoms with Gasteiger partial charge in [-0.05, 0) is 30.9 Å². The van der Waals surface area contributed by atoms with Crippen molar-refractivity contribution in [3.8, 4) is 5.75 Å². The molecule has 1 aliphatic heterocycles. The van der Waals surface area contributed by atoms with Crippen molar-refractivity contribution in [3.05, 3.63) is 82.7 Å². The van der Waals surface area contributed by atoms with Crippen LogP contribution in [0.3, 0.4) is 0 Å². The van der Waals surface area contributed by atoms with Crippen LogP contribution < -0.4 is 10.1 Å². The van der Waals surface area contributed by atoms with Crippen LogP contribution in [-0.4, -0.2) is 35.6 Å². The Labute approximate surface area is 182 Å². The van der Waals surface area contributed by atoms with Crippen LogP contribution >= 0.6 is 0 Å². The molecule has 0 fully saturated rings. The van der Waals surface area contributed by atoms with E-state index in [4.69, 9.17) is 9.26 Å². The number of nitrogens with one attached hydrogen (secondary N) is 1. The lowest BCUT2D eigenvalue weighted by Crippen LogP contribution is -2.37. The van der Waals surface area contributed by atoms with Crippen LogP contribution in [-0.2, 0) is 19.4 Å². The van der Waals surface area contributed by atoms with Crippen LogP contribution in [0.4, 0.5) is 0 Å². The molecule has 6 nitrogen and oxygen atoms in total. The van der Waals surface area contributed by atoms with E-state index in [1.165, 1.54) is 0 Å². The molecule has 5 rings (SSSR count). The summed E-state index contributed by atoms with van der Waals surface area (Å²) in [7, 11) is 0. The first kappa shape index (κ1) is 19.8. The third kappa shape index (κ3) is 4.35. The number of ether oxygens (including phenoxy) is 1. The first-order chi connectivity index (χ1) is 15.3. The Morgan fingerprint density at radius 2 is 1.87 bits per heavy atom. The largest absolute Gasteiger partial charge is 0.484 e. The maximum Gasteiger partial charge on any atom is 0.273 e. The molecule has 2 aromatic carbocycles. The molecule has 1 atom stereocenters. The lowest BCUT2D eigenvalue weighted by atomic mass is 9.96. The third-order valence-electron chi connectivity index (χ3n) is 6.11. The van der Waals surface area contributed by atoms with Gasteiger partial charge in [-0.15, -0.1) is 0 Å². The van der Waals surface area contributed by atoms with E-state index < -0.39 is 0 Å². The van der Waals surface area contributed by atoms with Gasteiger partial charge in [-0.25, -0.2) is 0 Å². The van der Waals surface area contributed by atoms with Gasteiger partial charge >= 0.3 is 0 Å². The summed E-state index contributed by atoms with van der Waals surface area (Å²) in [5.74, 6) is 1.67. The zero-order valence-corrected chi connectivity index (χ0v) is 17.5. The second kappa shape index (κ2) is 8.94. The number of hydrogen-bond donors (Lipinski definition) is 1. The number of rotatable bonds is 5. The SMILES string of the molecule is O=C(NCCN1Cc2ccccc2OC(c2ccccc2)C1)c1noc2c1CCCC2. The average molecular weight is 418 g/mol.